The van der Waals surface area contributed by atoms with E-state index in [-0.39, 0.29) is 23.8 Å². The van der Waals surface area contributed by atoms with Crippen LogP contribution in [-0.4, -0.2) is 42.5 Å². The van der Waals surface area contributed by atoms with Gasteiger partial charge in [0.25, 0.3) is 0 Å². The number of carbonyl (C=O) groups excluding carboxylic acids is 1. The number of hydrogen-bond acceptors (Lipinski definition) is 5. The standard InChI is InChI=1S/C19H21N5O/c25-19(23-18-3-1-2-15-12-21-22-13-17(15)18)14-6-10-24(11-7-14)16-4-8-20-9-5-16/h1-5,8-9,12-14,17-18H,6-7,10-11H2,(H,23,25). The Bertz CT molecular complexity index is 744. The molecule has 25 heavy (non-hydrogen) atoms. The van der Waals surface area contributed by atoms with Crippen LogP contribution in [-0.2, 0) is 4.79 Å². The number of carbonyl (C=O) groups is 1. The molecule has 0 spiro atoms. The highest BCUT2D eigenvalue weighted by molar-refractivity contribution is 5.91. The van der Waals surface area contributed by atoms with E-state index in [4.69, 9.17) is 0 Å². The lowest BCUT2D eigenvalue weighted by atomic mass is 9.87. The van der Waals surface area contributed by atoms with Crippen molar-refractivity contribution in [3.63, 3.8) is 0 Å². The Hall–Kier alpha value is -2.76. The zero-order valence-corrected chi connectivity index (χ0v) is 14.0. The topological polar surface area (TPSA) is 70.0 Å². The summed E-state index contributed by atoms with van der Waals surface area (Å²) in [7, 11) is 0. The molecule has 1 saturated heterocycles. The van der Waals surface area contributed by atoms with E-state index < -0.39 is 0 Å². The molecule has 0 aromatic carbocycles. The van der Waals surface area contributed by atoms with E-state index >= 15 is 0 Å². The van der Waals surface area contributed by atoms with Gasteiger partial charge in [0.05, 0.1) is 12.3 Å². The third-order valence-electron chi connectivity index (χ3n) is 5.08. The number of allylic oxidation sites excluding steroid dienone is 2. The van der Waals surface area contributed by atoms with Gasteiger partial charge >= 0.3 is 0 Å². The van der Waals surface area contributed by atoms with Crippen molar-refractivity contribution in [1.29, 1.82) is 0 Å². The Morgan fingerprint density at radius 1 is 1.16 bits per heavy atom. The van der Waals surface area contributed by atoms with E-state index in [0.717, 1.165) is 31.5 Å². The van der Waals surface area contributed by atoms with E-state index in [0.29, 0.717) is 0 Å². The fourth-order valence-electron chi connectivity index (χ4n) is 3.62. The van der Waals surface area contributed by atoms with Gasteiger partial charge < -0.3 is 10.2 Å². The van der Waals surface area contributed by atoms with Crippen molar-refractivity contribution < 1.29 is 4.79 Å². The number of anilines is 1. The van der Waals surface area contributed by atoms with Crippen molar-refractivity contribution in [2.24, 2.45) is 22.0 Å². The second-order valence-corrected chi connectivity index (χ2v) is 6.59. The third kappa shape index (κ3) is 3.38. The first-order valence-corrected chi connectivity index (χ1v) is 8.71. The van der Waals surface area contributed by atoms with Crippen molar-refractivity contribution in [2.75, 3.05) is 18.0 Å². The van der Waals surface area contributed by atoms with Crippen LogP contribution in [0.25, 0.3) is 0 Å². The first-order valence-electron chi connectivity index (χ1n) is 8.71. The smallest absolute Gasteiger partial charge is 0.223 e. The van der Waals surface area contributed by atoms with Crippen molar-refractivity contribution in [3.8, 4) is 0 Å². The number of rotatable bonds is 3. The molecule has 1 fully saturated rings. The maximum absolute atomic E-state index is 12.7. The summed E-state index contributed by atoms with van der Waals surface area (Å²) in [6.45, 7) is 1.79. The van der Waals surface area contributed by atoms with Gasteiger partial charge in [-0.1, -0.05) is 18.2 Å². The molecule has 2 unspecified atom stereocenters. The van der Waals surface area contributed by atoms with Crippen molar-refractivity contribution in [2.45, 2.75) is 18.9 Å². The summed E-state index contributed by atoms with van der Waals surface area (Å²) < 4.78 is 0. The maximum Gasteiger partial charge on any atom is 0.223 e. The Morgan fingerprint density at radius 3 is 2.76 bits per heavy atom. The van der Waals surface area contributed by atoms with Crippen LogP contribution in [0.15, 0.2) is 58.5 Å². The molecule has 0 radical (unpaired) electrons. The highest BCUT2D eigenvalue weighted by Crippen LogP contribution is 2.25. The number of amides is 1. The number of fused-ring (bicyclic) bond motifs is 1. The van der Waals surface area contributed by atoms with Crippen molar-refractivity contribution in [1.82, 2.24) is 10.3 Å². The van der Waals surface area contributed by atoms with Gasteiger partial charge in [-0.2, -0.15) is 10.2 Å². The van der Waals surface area contributed by atoms with Crippen LogP contribution in [0.1, 0.15) is 12.8 Å². The van der Waals surface area contributed by atoms with Gasteiger partial charge in [-0.05, 0) is 30.5 Å². The Labute approximate surface area is 147 Å². The molecular formula is C19H21N5O. The summed E-state index contributed by atoms with van der Waals surface area (Å²) in [5, 5.41) is 11.1. The summed E-state index contributed by atoms with van der Waals surface area (Å²) in [5.41, 5.74) is 2.27. The van der Waals surface area contributed by atoms with E-state index in [1.165, 1.54) is 5.69 Å². The van der Waals surface area contributed by atoms with E-state index in [1.807, 2.05) is 49.0 Å². The summed E-state index contributed by atoms with van der Waals surface area (Å²) in [6, 6.07) is 4.00. The summed E-state index contributed by atoms with van der Waals surface area (Å²) >= 11 is 0. The first-order chi connectivity index (χ1) is 12.3. The molecule has 2 aliphatic heterocycles. The minimum Gasteiger partial charge on any atom is -0.371 e. The fraction of sp³-hybridized carbons (Fsp3) is 0.368. The molecule has 1 aromatic rings. The predicted molar refractivity (Wildman–Crippen MR) is 98.8 cm³/mol. The Balaban J connectivity index is 1.34. The molecule has 1 amide bonds. The molecule has 128 valence electrons. The Morgan fingerprint density at radius 2 is 1.96 bits per heavy atom. The fourth-order valence-corrected chi connectivity index (χ4v) is 3.62. The lowest BCUT2D eigenvalue weighted by Gasteiger charge is -2.34. The monoisotopic (exact) mass is 335 g/mol. The number of aromatic nitrogens is 1. The van der Waals surface area contributed by atoms with E-state index in [1.54, 1.807) is 6.21 Å². The minimum atomic E-state index is -0.0405. The predicted octanol–water partition coefficient (Wildman–Crippen LogP) is 1.97. The summed E-state index contributed by atoms with van der Waals surface area (Å²) in [5.74, 6) is 0.291. The van der Waals surface area contributed by atoms with E-state index in [2.05, 4.69) is 25.4 Å². The lowest BCUT2D eigenvalue weighted by molar-refractivity contribution is -0.126. The van der Waals surface area contributed by atoms with Gasteiger partial charge in [0.1, 0.15) is 0 Å². The van der Waals surface area contributed by atoms with Crippen LogP contribution in [0.5, 0.6) is 0 Å². The maximum atomic E-state index is 12.7. The van der Waals surface area contributed by atoms with Crippen LogP contribution in [0.4, 0.5) is 5.69 Å². The molecule has 2 atom stereocenters. The second kappa shape index (κ2) is 7.01. The molecule has 3 aliphatic rings. The zero-order chi connectivity index (χ0) is 17.1. The van der Waals surface area contributed by atoms with Gasteiger partial charge in [-0.3, -0.25) is 9.78 Å². The SMILES string of the molecule is O=C(NC1C=CC=C2C=NN=CC21)C1CCN(c2ccncc2)CC1. The van der Waals surface area contributed by atoms with E-state index in [9.17, 15) is 4.79 Å². The average molecular weight is 335 g/mol. The molecule has 1 aliphatic carbocycles. The first kappa shape index (κ1) is 15.7. The van der Waals surface area contributed by atoms with Crippen LogP contribution in [0.3, 0.4) is 0 Å². The highest BCUT2D eigenvalue weighted by Gasteiger charge is 2.30. The average Bonchev–Trinajstić information content (AvgIpc) is 2.69. The van der Waals surface area contributed by atoms with Gasteiger partial charge in [-0.15, -0.1) is 0 Å². The van der Waals surface area contributed by atoms with Gasteiger partial charge in [0.2, 0.25) is 5.91 Å². The molecule has 6 heteroatoms. The molecule has 0 bridgehead atoms. The molecule has 4 rings (SSSR count). The van der Waals surface area contributed by atoms with Crippen LogP contribution < -0.4 is 10.2 Å². The second-order valence-electron chi connectivity index (χ2n) is 6.59. The van der Waals surface area contributed by atoms with Gasteiger partial charge in [-0.25, -0.2) is 0 Å². The van der Waals surface area contributed by atoms with Gasteiger partial charge in [0, 0.05) is 49.2 Å². The molecule has 0 saturated carbocycles. The normalized spacial score (nSPS) is 25.4. The molecule has 3 heterocycles. The Kier molecular flexibility index (Phi) is 4.41. The number of nitrogens with zero attached hydrogens (tertiary/aromatic N) is 4. The third-order valence-corrected chi connectivity index (χ3v) is 5.08. The zero-order valence-electron chi connectivity index (χ0n) is 14.0. The minimum absolute atomic E-state index is 0.0405. The highest BCUT2D eigenvalue weighted by atomic mass is 16.1. The van der Waals surface area contributed by atoms with Crippen LogP contribution in [0.2, 0.25) is 0 Å². The van der Waals surface area contributed by atoms with Crippen LogP contribution >= 0.6 is 0 Å². The molecule has 1 aromatic heterocycles. The summed E-state index contributed by atoms with van der Waals surface area (Å²) in [4.78, 5) is 19.1. The summed E-state index contributed by atoms with van der Waals surface area (Å²) in [6.07, 6.45) is 15.0. The molecule has 1 N–H and O–H groups in total. The number of nitrogens with one attached hydrogen (secondary N) is 1. The molecule has 6 nitrogen and oxygen atoms in total. The van der Waals surface area contributed by atoms with Gasteiger partial charge in [0.15, 0.2) is 0 Å². The van der Waals surface area contributed by atoms with Crippen molar-refractivity contribution >= 4 is 24.0 Å². The number of hydrogen-bond donors (Lipinski definition) is 1. The largest absolute Gasteiger partial charge is 0.371 e. The quantitative estimate of drug-likeness (QED) is 0.918. The lowest BCUT2D eigenvalue weighted by Crippen LogP contribution is -2.47. The number of pyridine rings is 1. The molecular weight excluding hydrogens is 314 g/mol. The van der Waals surface area contributed by atoms with Crippen LogP contribution in [0, 0.1) is 11.8 Å². The van der Waals surface area contributed by atoms with Crippen molar-refractivity contribution in [3.05, 3.63) is 48.3 Å². The number of piperidine rings is 1.